The second-order valence-corrected chi connectivity index (χ2v) is 7.69. The molecular weight excluding hydrogens is 312 g/mol. The van der Waals surface area contributed by atoms with E-state index in [9.17, 15) is 5.11 Å². The van der Waals surface area contributed by atoms with Crippen LogP contribution in [0.2, 0.25) is 5.02 Å². The summed E-state index contributed by atoms with van der Waals surface area (Å²) in [6.07, 6.45) is 4.99. The van der Waals surface area contributed by atoms with Crippen molar-refractivity contribution in [2.45, 2.75) is 37.7 Å². The number of rotatable bonds is 3. The third-order valence-corrected chi connectivity index (χ3v) is 6.34. The molecule has 1 aromatic carbocycles. The summed E-state index contributed by atoms with van der Waals surface area (Å²) >= 11 is 5.93. The van der Waals surface area contributed by atoms with Crippen LogP contribution in [0.3, 0.4) is 0 Å². The largest absolute Gasteiger partial charge is 0.506 e. The zero-order chi connectivity index (χ0) is 18.7. The monoisotopic (exact) mass is 337 g/mol. The van der Waals surface area contributed by atoms with Crippen LogP contribution in [0.15, 0.2) is 23.8 Å². The summed E-state index contributed by atoms with van der Waals surface area (Å²) in [5, 5.41) is 10.2. The molecule has 4 aliphatic carbocycles. The molecule has 124 valence electrons. The topological polar surface area (TPSA) is 38.7 Å². The number of phenols is 1. The zero-order valence-electron chi connectivity index (χ0n) is 16.1. The first-order valence-corrected chi connectivity index (χ1v) is 8.54. The lowest BCUT2D eigenvalue weighted by Gasteiger charge is -2.57. The maximum absolute atomic E-state index is 10.0. The molecule has 4 bridgehead atoms. The fourth-order valence-electron chi connectivity index (χ4n) is 5.27. The molecule has 4 heteroatoms. The molecule has 0 amide bonds. The number of phenolic OH excluding ortho intramolecular Hbond substituents is 1. The number of hydrogen-bond donors (Lipinski definition) is 1. The van der Waals surface area contributed by atoms with Crippen LogP contribution in [0.5, 0.6) is 5.75 Å². The van der Waals surface area contributed by atoms with Gasteiger partial charge in [-0.1, -0.05) is 11.6 Å². The fraction of sp³-hybridized carbons (Fsp3) is 0.579. The second-order valence-electron chi connectivity index (χ2n) is 7.28. The van der Waals surface area contributed by atoms with Crippen LogP contribution in [-0.2, 0) is 9.47 Å². The maximum Gasteiger partial charge on any atom is 0.134 e. The van der Waals surface area contributed by atoms with Crippen molar-refractivity contribution in [3.05, 3.63) is 34.4 Å². The summed E-state index contributed by atoms with van der Waals surface area (Å²) in [6, 6.07) is 4.78. The van der Waals surface area contributed by atoms with E-state index in [4.69, 9.17) is 25.2 Å². The van der Waals surface area contributed by atoms with Gasteiger partial charge >= 0.3 is 0 Å². The fourth-order valence-corrected chi connectivity index (χ4v) is 5.39. The first-order valence-electron chi connectivity index (χ1n) is 9.67. The van der Waals surface area contributed by atoms with E-state index in [2.05, 4.69) is 0 Å². The maximum atomic E-state index is 10.0. The van der Waals surface area contributed by atoms with Crippen molar-refractivity contribution < 1.29 is 18.7 Å². The van der Waals surface area contributed by atoms with Crippen LogP contribution in [0, 0.1) is 17.8 Å². The quantitative estimate of drug-likeness (QED) is 0.817. The molecule has 2 unspecified atom stereocenters. The number of benzene rings is 1. The Balaban J connectivity index is 1.82. The van der Waals surface area contributed by atoms with Crippen molar-refractivity contribution >= 4 is 17.4 Å². The summed E-state index contributed by atoms with van der Waals surface area (Å²) in [6.45, 7) is 0. The molecule has 1 aromatic rings. The van der Waals surface area contributed by atoms with E-state index < -0.39 is 7.04 Å². The van der Waals surface area contributed by atoms with E-state index in [1.54, 1.807) is 19.2 Å². The van der Waals surface area contributed by atoms with Gasteiger partial charge in [0.1, 0.15) is 11.5 Å². The summed E-state index contributed by atoms with van der Waals surface area (Å²) in [7, 11) is -0.765. The number of hydrogen-bond acceptors (Lipinski definition) is 3. The van der Waals surface area contributed by atoms with Gasteiger partial charge in [0.25, 0.3) is 0 Å². The summed E-state index contributed by atoms with van der Waals surface area (Å²) in [5.41, 5.74) is 1.57. The average molecular weight is 338 g/mol. The first-order chi connectivity index (χ1) is 12.2. The predicted octanol–water partition coefficient (Wildman–Crippen LogP) is 4.63. The molecule has 23 heavy (non-hydrogen) atoms. The van der Waals surface area contributed by atoms with Crippen molar-refractivity contribution in [2.75, 3.05) is 14.1 Å². The molecule has 4 saturated carbocycles. The number of methoxy groups -OCH3 is 2. The second kappa shape index (κ2) is 5.42. The standard InChI is InChI=1S/C19H23ClO3/c1-22-18(12-3-4-15(20)16(21)7-12)17-13-5-11-6-14(17)10-19(8-11,9-13)23-2/h3-4,7,11,13-14,21H,5-6,8-10H2,1-2H3/i1D3. The van der Waals surface area contributed by atoms with Gasteiger partial charge < -0.3 is 14.6 Å². The van der Waals surface area contributed by atoms with Gasteiger partial charge in [0.05, 0.1) is 21.8 Å². The Hall–Kier alpha value is -1.19. The molecule has 0 saturated heterocycles. The van der Waals surface area contributed by atoms with Gasteiger partial charge in [0, 0.05) is 12.7 Å². The van der Waals surface area contributed by atoms with Gasteiger partial charge in [0.2, 0.25) is 0 Å². The van der Waals surface area contributed by atoms with Crippen molar-refractivity contribution in [3.8, 4) is 5.75 Å². The van der Waals surface area contributed by atoms with Crippen molar-refractivity contribution in [1.29, 1.82) is 0 Å². The molecular formula is C19H23ClO3. The highest BCUT2D eigenvalue weighted by Crippen LogP contribution is 2.60. The Morgan fingerprint density at radius 1 is 1.30 bits per heavy atom. The van der Waals surface area contributed by atoms with Gasteiger partial charge in [-0.15, -0.1) is 0 Å². The lowest BCUT2D eigenvalue weighted by Crippen LogP contribution is -2.52. The average Bonchev–Trinajstić information content (AvgIpc) is 2.54. The molecule has 0 aliphatic heterocycles. The normalized spacial score (nSPS) is 37.2. The van der Waals surface area contributed by atoms with Gasteiger partial charge in [-0.25, -0.2) is 0 Å². The highest BCUT2D eigenvalue weighted by atomic mass is 35.5. The van der Waals surface area contributed by atoms with Crippen molar-refractivity contribution in [1.82, 2.24) is 0 Å². The molecule has 0 heterocycles. The van der Waals surface area contributed by atoms with Crippen molar-refractivity contribution in [2.24, 2.45) is 17.8 Å². The Kier molecular flexibility index (Phi) is 2.88. The van der Waals surface area contributed by atoms with Crippen LogP contribution < -0.4 is 0 Å². The van der Waals surface area contributed by atoms with Gasteiger partial charge in [0.15, 0.2) is 0 Å². The van der Waals surface area contributed by atoms with Gasteiger partial charge in [-0.2, -0.15) is 0 Å². The Bertz CT molecular complexity index is 741. The number of halogens is 1. The molecule has 2 atom stereocenters. The van der Waals surface area contributed by atoms with Crippen LogP contribution in [-0.4, -0.2) is 24.9 Å². The van der Waals surface area contributed by atoms with E-state index in [1.165, 1.54) is 6.07 Å². The SMILES string of the molecule is [2H]C([2H])([2H])OC(=C1C2CC3CC1CC(OC)(C3)C2)c1ccc(Cl)c(O)c1. The molecule has 1 N–H and O–H groups in total. The number of aromatic hydroxyl groups is 1. The minimum atomic E-state index is -2.55. The summed E-state index contributed by atoms with van der Waals surface area (Å²) < 4.78 is 34.2. The predicted molar refractivity (Wildman–Crippen MR) is 90.3 cm³/mol. The zero-order valence-corrected chi connectivity index (χ0v) is 13.9. The van der Waals surface area contributed by atoms with E-state index >= 15 is 0 Å². The summed E-state index contributed by atoms with van der Waals surface area (Å²) in [5.74, 6) is 1.46. The third-order valence-electron chi connectivity index (χ3n) is 6.02. The first kappa shape index (κ1) is 12.2. The third kappa shape index (κ3) is 2.36. The smallest absolute Gasteiger partial charge is 0.134 e. The number of allylic oxidation sites excluding steroid dienone is 1. The van der Waals surface area contributed by atoms with Crippen LogP contribution in [0.4, 0.5) is 0 Å². The van der Waals surface area contributed by atoms with E-state index in [-0.39, 0.29) is 28.2 Å². The molecule has 3 nitrogen and oxygen atoms in total. The van der Waals surface area contributed by atoms with E-state index in [0.717, 1.165) is 37.7 Å². The minimum absolute atomic E-state index is 0.0754. The molecule has 4 aliphatic rings. The van der Waals surface area contributed by atoms with Gasteiger partial charge in [-0.3, -0.25) is 0 Å². The van der Waals surface area contributed by atoms with Gasteiger partial charge in [-0.05, 0) is 73.6 Å². The lowest BCUT2D eigenvalue weighted by atomic mass is 9.52. The van der Waals surface area contributed by atoms with E-state index in [1.807, 2.05) is 0 Å². The molecule has 5 rings (SSSR count). The van der Waals surface area contributed by atoms with Crippen molar-refractivity contribution in [3.63, 3.8) is 0 Å². The van der Waals surface area contributed by atoms with Crippen LogP contribution >= 0.6 is 11.6 Å². The molecule has 4 fully saturated rings. The molecule has 0 aromatic heterocycles. The van der Waals surface area contributed by atoms with Crippen LogP contribution in [0.1, 0.15) is 41.8 Å². The lowest BCUT2D eigenvalue weighted by molar-refractivity contribution is -0.125. The Morgan fingerprint density at radius 2 is 2.04 bits per heavy atom. The highest BCUT2D eigenvalue weighted by Gasteiger charge is 2.54. The van der Waals surface area contributed by atoms with Crippen LogP contribution in [0.25, 0.3) is 5.76 Å². The molecule has 0 radical (unpaired) electrons. The Morgan fingerprint density at radius 3 is 2.65 bits per heavy atom. The minimum Gasteiger partial charge on any atom is -0.506 e. The van der Waals surface area contributed by atoms with E-state index in [0.29, 0.717) is 17.2 Å². The number of ether oxygens (including phenoxy) is 2. The Labute approximate surface area is 146 Å². The molecule has 0 spiro atoms. The summed E-state index contributed by atoms with van der Waals surface area (Å²) in [4.78, 5) is 0. The highest BCUT2D eigenvalue weighted by molar-refractivity contribution is 6.32.